The Hall–Kier alpha value is -2.74. The molecule has 0 aliphatic carbocycles. The number of amides is 1. The quantitative estimate of drug-likeness (QED) is 0.833. The highest BCUT2D eigenvalue weighted by Crippen LogP contribution is 2.28. The summed E-state index contributed by atoms with van der Waals surface area (Å²) in [5.41, 5.74) is -0.0831. The number of benzene rings is 1. The number of nitrogens with zero attached hydrogens (tertiary/aromatic N) is 3. The molecule has 1 saturated heterocycles. The predicted molar refractivity (Wildman–Crippen MR) is 108 cm³/mol. The minimum atomic E-state index is -0.362. The Bertz CT molecular complexity index is 1010. The Labute approximate surface area is 167 Å². The van der Waals surface area contributed by atoms with Crippen molar-refractivity contribution in [3.63, 3.8) is 0 Å². The van der Waals surface area contributed by atoms with E-state index in [2.05, 4.69) is 5.32 Å². The van der Waals surface area contributed by atoms with Crippen LogP contribution in [0, 0.1) is 5.92 Å². The van der Waals surface area contributed by atoms with E-state index in [0.717, 1.165) is 4.57 Å². The first-order valence-electron chi connectivity index (χ1n) is 8.98. The molecule has 0 radical (unpaired) electrons. The number of hydrogen-bond donors (Lipinski definition) is 1. The average molecular weight is 407 g/mol. The van der Waals surface area contributed by atoms with Crippen molar-refractivity contribution in [3.05, 3.63) is 50.1 Å². The molecule has 150 valence electrons. The van der Waals surface area contributed by atoms with Gasteiger partial charge in [0.2, 0.25) is 5.91 Å². The monoisotopic (exact) mass is 406 g/mol. The van der Waals surface area contributed by atoms with Gasteiger partial charge in [0.1, 0.15) is 11.6 Å². The van der Waals surface area contributed by atoms with Gasteiger partial charge in [-0.2, -0.15) is 0 Å². The minimum Gasteiger partial charge on any atom is -0.495 e. The molecular formula is C19H23ClN4O4. The lowest BCUT2D eigenvalue weighted by Crippen LogP contribution is -2.44. The number of carbonyl (C=O) groups excluding carboxylic acids is 1. The van der Waals surface area contributed by atoms with Crippen LogP contribution in [0.1, 0.15) is 12.8 Å². The molecule has 0 spiro atoms. The Morgan fingerprint density at radius 3 is 2.43 bits per heavy atom. The number of aromatic nitrogens is 2. The Morgan fingerprint density at radius 1 is 1.14 bits per heavy atom. The van der Waals surface area contributed by atoms with Crippen molar-refractivity contribution in [2.75, 3.05) is 30.4 Å². The Balaban J connectivity index is 1.65. The summed E-state index contributed by atoms with van der Waals surface area (Å²) in [4.78, 5) is 38.6. The maximum absolute atomic E-state index is 12.6. The van der Waals surface area contributed by atoms with E-state index < -0.39 is 0 Å². The van der Waals surface area contributed by atoms with Crippen LogP contribution in [0.3, 0.4) is 0 Å². The molecule has 1 fully saturated rings. The molecule has 1 amide bonds. The smallest absolute Gasteiger partial charge is 0.332 e. The number of carbonyl (C=O) groups is 1. The maximum Gasteiger partial charge on any atom is 0.332 e. The molecule has 9 heteroatoms. The predicted octanol–water partition coefficient (Wildman–Crippen LogP) is 1.60. The fraction of sp³-hybridized carbons (Fsp3) is 0.421. The van der Waals surface area contributed by atoms with Crippen LogP contribution in [-0.2, 0) is 18.9 Å². The number of piperidine rings is 1. The summed E-state index contributed by atoms with van der Waals surface area (Å²) in [6.07, 6.45) is 1.25. The number of ether oxygens (including phenoxy) is 1. The molecule has 1 aliphatic heterocycles. The summed E-state index contributed by atoms with van der Waals surface area (Å²) < 4.78 is 7.64. The van der Waals surface area contributed by atoms with Gasteiger partial charge in [-0.15, -0.1) is 0 Å². The van der Waals surface area contributed by atoms with Gasteiger partial charge in [-0.3, -0.25) is 18.7 Å². The summed E-state index contributed by atoms with van der Waals surface area (Å²) >= 11 is 6.10. The Morgan fingerprint density at radius 2 is 1.82 bits per heavy atom. The van der Waals surface area contributed by atoms with Crippen molar-refractivity contribution in [3.8, 4) is 5.75 Å². The van der Waals surface area contributed by atoms with Crippen molar-refractivity contribution in [1.82, 2.24) is 9.13 Å². The van der Waals surface area contributed by atoms with Gasteiger partial charge < -0.3 is 15.0 Å². The molecule has 0 bridgehead atoms. The van der Waals surface area contributed by atoms with E-state index in [-0.39, 0.29) is 23.1 Å². The third-order valence-electron chi connectivity index (χ3n) is 5.11. The molecule has 1 N–H and O–H groups in total. The lowest BCUT2D eigenvalue weighted by atomic mass is 9.95. The molecule has 2 aromatic rings. The second kappa shape index (κ2) is 8.10. The SMILES string of the molecule is COc1ccc(NC(=O)C2CCN(c3cc(=O)n(C)c(=O)n3C)CC2)cc1Cl. The number of halogens is 1. The standard InChI is InChI=1S/C19H23ClN4O4/c1-22-16(11-17(25)23(2)19(22)27)24-8-6-12(7-9-24)18(26)21-13-4-5-15(28-3)14(20)10-13/h4-5,10-12H,6-9H2,1-3H3,(H,21,26). The molecule has 0 saturated carbocycles. The third kappa shape index (κ3) is 3.91. The van der Waals surface area contributed by atoms with Crippen LogP contribution >= 0.6 is 11.6 Å². The van der Waals surface area contributed by atoms with E-state index in [1.54, 1.807) is 25.2 Å². The summed E-state index contributed by atoms with van der Waals surface area (Å²) in [6, 6.07) is 6.56. The molecular weight excluding hydrogens is 384 g/mol. The van der Waals surface area contributed by atoms with Gasteiger partial charge in [0.25, 0.3) is 5.56 Å². The van der Waals surface area contributed by atoms with Crippen molar-refractivity contribution in [2.45, 2.75) is 12.8 Å². The fourth-order valence-electron chi connectivity index (χ4n) is 3.38. The molecule has 0 unspecified atom stereocenters. The van der Waals surface area contributed by atoms with Crippen LogP contribution in [0.25, 0.3) is 0 Å². The number of rotatable bonds is 4. The second-order valence-electron chi connectivity index (χ2n) is 6.84. The number of hydrogen-bond acceptors (Lipinski definition) is 5. The first kappa shape index (κ1) is 20.0. The topological polar surface area (TPSA) is 85.6 Å². The van der Waals surface area contributed by atoms with E-state index in [9.17, 15) is 14.4 Å². The van der Waals surface area contributed by atoms with E-state index in [0.29, 0.717) is 48.2 Å². The zero-order chi connectivity index (χ0) is 20.4. The largest absolute Gasteiger partial charge is 0.495 e. The van der Waals surface area contributed by atoms with E-state index in [1.165, 1.54) is 24.8 Å². The van der Waals surface area contributed by atoms with Crippen molar-refractivity contribution >= 4 is 29.0 Å². The summed E-state index contributed by atoms with van der Waals surface area (Å²) in [7, 11) is 4.63. The molecule has 1 aromatic heterocycles. The first-order valence-corrected chi connectivity index (χ1v) is 9.36. The average Bonchev–Trinajstić information content (AvgIpc) is 2.69. The van der Waals surface area contributed by atoms with Crippen LogP contribution in [0.5, 0.6) is 5.75 Å². The summed E-state index contributed by atoms with van der Waals surface area (Å²) in [5.74, 6) is 0.904. The number of methoxy groups -OCH3 is 1. The van der Waals surface area contributed by atoms with Crippen molar-refractivity contribution < 1.29 is 9.53 Å². The van der Waals surface area contributed by atoms with Crippen LogP contribution in [0.15, 0.2) is 33.9 Å². The first-order chi connectivity index (χ1) is 13.3. The minimum absolute atomic E-state index is 0.0706. The molecule has 2 heterocycles. The van der Waals surface area contributed by atoms with Gasteiger partial charge in [0.05, 0.1) is 12.1 Å². The molecule has 1 aliphatic rings. The highest BCUT2D eigenvalue weighted by molar-refractivity contribution is 6.32. The van der Waals surface area contributed by atoms with Gasteiger partial charge in [-0.1, -0.05) is 11.6 Å². The van der Waals surface area contributed by atoms with Crippen LogP contribution < -0.4 is 26.2 Å². The van der Waals surface area contributed by atoms with Crippen LogP contribution in [-0.4, -0.2) is 35.2 Å². The molecule has 8 nitrogen and oxygen atoms in total. The van der Waals surface area contributed by atoms with E-state index >= 15 is 0 Å². The van der Waals surface area contributed by atoms with Crippen molar-refractivity contribution in [1.29, 1.82) is 0 Å². The van der Waals surface area contributed by atoms with Gasteiger partial charge in [-0.05, 0) is 31.0 Å². The van der Waals surface area contributed by atoms with Crippen LogP contribution in [0.4, 0.5) is 11.5 Å². The lowest BCUT2D eigenvalue weighted by molar-refractivity contribution is -0.120. The molecule has 0 atom stereocenters. The molecule has 3 rings (SSSR count). The Kier molecular flexibility index (Phi) is 5.79. The second-order valence-corrected chi connectivity index (χ2v) is 7.25. The fourth-order valence-corrected chi connectivity index (χ4v) is 3.64. The van der Waals surface area contributed by atoms with Crippen LogP contribution in [0.2, 0.25) is 5.02 Å². The zero-order valence-corrected chi connectivity index (χ0v) is 16.8. The summed E-state index contributed by atoms with van der Waals surface area (Å²) in [5, 5.41) is 3.32. The normalized spacial score (nSPS) is 14.8. The van der Waals surface area contributed by atoms with Crippen molar-refractivity contribution in [2.24, 2.45) is 20.0 Å². The van der Waals surface area contributed by atoms with Gasteiger partial charge >= 0.3 is 5.69 Å². The van der Waals surface area contributed by atoms with Gasteiger partial charge in [-0.25, -0.2) is 4.79 Å². The third-order valence-corrected chi connectivity index (χ3v) is 5.41. The number of anilines is 2. The summed E-state index contributed by atoms with van der Waals surface area (Å²) in [6.45, 7) is 1.17. The maximum atomic E-state index is 12.6. The molecule has 1 aromatic carbocycles. The zero-order valence-electron chi connectivity index (χ0n) is 16.1. The van der Waals surface area contributed by atoms with Gasteiger partial charge in [0, 0.05) is 44.9 Å². The lowest BCUT2D eigenvalue weighted by Gasteiger charge is -2.33. The molecule has 28 heavy (non-hydrogen) atoms. The van der Waals surface area contributed by atoms with Gasteiger partial charge in [0.15, 0.2) is 0 Å². The van der Waals surface area contributed by atoms with E-state index in [1.807, 2.05) is 4.90 Å². The number of nitrogens with one attached hydrogen (secondary N) is 1. The highest BCUT2D eigenvalue weighted by atomic mass is 35.5. The van der Waals surface area contributed by atoms with E-state index in [4.69, 9.17) is 16.3 Å². The highest BCUT2D eigenvalue weighted by Gasteiger charge is 2.26.